The third-order valence-electron chi connectivity index (χ3n) is 5.69. The second kappa shape index (κ2) is 6.64. The fourth-order valence-electron chi connectivity index (χ4n) is 4.17. The average molecular weight is 372 g/mol. The summed E-state index contributed by atoms with van der Waals surface area (Å²) in [4.78, 5) is 35.0. The maximum absolute atomic E-state index is 12.9. The topological polar surface area (TPSA) is 70.5 Å². The molecule has 1 saturated heterocycles. The van der Waals surface area contributed by atoms with Gasteiger partial charge in [-0.25, -0.2) is 4.98 Å². The first-order chi connectivity index (χ1) is 13.7. The molecule has 0 atom stereocenters. The summed E-state index contributed by atoms with van der Waals surface area (Å²) in [5.74, 6) is 0.184. The van der Waals surface area contributed by atoms with Gasteiger partial charge in [0.05, 0.1) is 0 Å². The number of likely N-dealkylation sites (tertiary alicyclic amines) is 1. The fourth-order valence-corrected chi connectivity index (χ4v) is 4.17. The minimum atomic E-state index is -0.311. The highest BCUT2D eigenvalue weighted by Gasteiger charge is 2.27. The van der Waals surface area contributed by atoms with E-state index in [4.69, 9.17) is 0 Å². The van der Waals surface area contributed by atoms with Crippen LogP contribution in [0.4, 0.5) is 0 Å². The lowest BCUT2D eigenvalue weighted by Gasteiger charge is -2.31. The molecule has 1 amide bonds. The number of rotatable bonds is 2. The van der Waals surface area contributed by atoms with Gasteiger partial charge in [-0.3, -0.25) is 14.0 Å². The molecule has 0 saturated carbocycles. The van der Waals surface area contributed by atoms with Crippen LogP contribution in [-0.2, 0) is 0 Å². The molecular formula is C22H20N4O2. The number of amides is 1. The van der Waals surface area contributed by atoms with Gasteiger partial charge in [0, 0.05) is 42.6 Å². The van der Waals surface area contributed by atoms with Crippen LogP contribution in [0.15, 0.2) is 65.8 Å². The van der Waals surface area contributed by atoms with Gasteiger partial charge in [-0.15, -0.1) is 0 Å². The SMILES string of the molecule is O=C(c1cnc2ccccn2c1=O)N1CCC(c2c[nH]c3ccccc23)CC1. The highest BCUT2D eigenvalue weighted by molar-refractivity contribution is 5.94. The Morgan fingerprint density at radius 2 is 1.86 bits per heavy atom. The molecule has 1 fully saturated rings. The Bertz CT molecular complexity index is 1230. The highest BCUT2D eigenvalue weighted by Crippen LogP contribution is 2.33. The Morgan fingerprint density at radius 3 is 2.71 bits per heavy atom. The molecule has 4 heterocycles. The van der Waals surface area contributed by atoms with Crippen LogP contribution in [0.2, 0.25) is 0 Å². The van der Waals surface area contributed by atoms with Gasteiger partial charge in [0.2, 0.25) is 0 Å². The first kappa shape index (κ1) is 16.7. The maximum Gasteiger partial charge on any atom is 0.270 e. The molecule has 1 aliphatic rings. The summed E-state index contributed by atoms with van der Waals surface area (Å²) in [7, 11) is 0. The first-order valence-corrected chi connectivity index (χ1v) is 9.54. The van der Waals surface area contributed by atoms with Crippen LogP contribution in [0.5, 0.6) is 0 Å². The zero-order valence-electron chi connectivity index (χ0n) is 15.3. The van der Waals surface area contributed by atoms with E-state index in [1.807, 2.05) is 12.1 Å². The summed E-state index contributed by atoms with van der Waals surface area (Å²) in [5, 5.41) is 1.25. The number of pyridine rings is 1. The Balaban J connectivity index is 1.36. The van der Waals surface area contributed by atoms with E-state index in [1.54, 1.807) is 23.2 Å². The molecule has 1 aromatic carbocycles. The molecule has 1 aliphatic heterocycles. The molecule has 6 heteroatoms. The third-order valence-corrected chi connectivity index (χ3v) is 5.69. The lowest BCUT2D eigenvalue weighted by Crippen LogP contribution is -2.40. The average Bonchev–Trinajstić information content (AvgIpc) is 3.18. The van der Waals surface area contributed by atoms with Gasteiger partial charge in [0.1, 0.15) is 11.2 Å². The lowest BCUT2D eigenvalue weighted by molar-refractivity contribution is 0.0711. The van der Waals surface area contributed by atoms with E-state index < -0.39 is 0 Å². The van der Waals surface area contributed by atoms with E-state index >= 15 is 0 Å². The molecule has 0 radical (unpaired) electrons. The number of carbonyl (C=O) groups is 1. The number of aromatic amines is 1. The number of nitrogens with zero attached hydrogens (tertiary/aromatic N) is 3. The van der Waals surface area contributed by atoms with Crippen molar-refractivity contribution in [1.82, 2.24) is 19.3 Å². The molecule has 0 spiro atoms. The second-order valence-electron chi connectivity index (χ2n) is 7.26. The van der Waals surface area contributed by atoms with E-state index in [9.17, 15) is 9.59 Å². The number of benzene rings is 1. The summed E-state index contributed by atoms with van der Waals surface area (Å²) in [6.45, 7) is 1.28. The van der Waals surface area contributed by atoms with Crippen LogP contribution in [0, 0.1) is 0 Å². The fraction of sp³-hybridized carbons (Fsp3) is 0.227. The normalized spacial score (nSPS) is 15.4. The number of fused-ring (bicyclic) bond motifs is 2. The van der Waals surface area contributed by atoms with Crippen LogP contribution in [-0.4, -0.2) is 38.3 Å². The summed E-state index contributed by atoms with van der Waals surface area (Å²) in [6.07, 6.45) is 6.91. The van der Waals surface area contributed by atoms with Gasteiger partial charge < -0.3 is 9.88 Å². The Kier molecular flexibility index (Phi) is 3.97. The van der Waals surface area contributed by atoms with Gasteiger partial charge in [-0.05, 0) is 42.5 Å². The van der Waals surface area contributed by atoms with Crippen molar-refractivity contribution < 1.29 is 4.79 Å². The monoisotopic (exact) mass is 372 g/mol. The molecule has 0 aliphatic carbocycles. The van der Waals surface area contributed by atoms with Crippen molar-refractivity contribution in [3.05, 3.63) is 82.5 Å². The first-order valence-electron chi connectivity index (χ1n) is 9.54. The number of para-hydroxylation sites is 1. The molecule has 1 N–H and O–H groups in total. The third kappa shape index (κ3) is 2.69. The Hall–Kier alpha value is -3.41. The minimum absolute atomic E-state index is 0.134. The smallest absolute Gasteiger partial charge is 0.270 e. The van der Waals surface area contributed by atoms with Crippen molar-refractivity contribution in [3.8, 4) is 0 Å². The summed E-state index contributed by atoms with van der Waals surface area (Å²) in [5.41, 5.74) is 2.83. The predicted octanol–water partition coefficient (Wildman–Crippen LogP) is 3.20. The number of piperidine rings is 1. The van der Waals surface area contributed by atoms with Gasteiger partial charge in [0.15, 0.2) is 0 Å². The molecular weight excluding hydrogens is 352 g/mol. The van der Waals surface area contributed by atoms with Crippen LogP contribution in [0.1, 0.15) is 34.7 Å². The quantitative estimate of drug-likeness (QED) is 0.587. The zero-order chi connectivity index (χ0) is 19.1. The van der Waals surface area contributed by atoms with Crippen LogP contribution < -0.4 is 5.56 Å². The van der Waals surface area contributed by atoms with Crippen molar-refractivity contribution >= 4 is 22.5 Å². The van der Waals surface area contributed by atoms with E-state index in [0.717, 1.165) is 18.4 Å². The molecule has 6 nitrogen and oxygen atoms in total. The van der Waals surface area contributed by atoms with Crippen LogP contribution >= 0.6 is 0 Å². The van der Waals surface area contributed by atoms with Crippen molar-refractivity contribution in [1.29, 1.82) is 0 Å². The number of hydrogen-bond donors (Lipinski definition) is 1. The summed E-state index contributed by atoms with van der Waals surface area (Å²) in [6, 6.07) is 13.6. The second-order valence-corrected chi connectivity index (χ2v) is 7.26. The number of aromatic nitrogens is 3. The van der Waals surface area contributed by atoms with Gasteiger partial charge >= 0.3 is 0 Å². The highest BCUT2D eigenvalue weighted by atomic mass is 16.2. The molecule has 0 unspecified atom stereocenters. The number of H-pyrrole nitrogens is 1. The van der Waals surface area contributed by atoms with E-state index in [0.29, 0.717) is 24.7 Å². The summed E-state index contributed by atoms with van der Waals surface area (Å²) < 4.78 is 1.42. The largest absolute Gasteiger partial charge is 0.361 e. The summed E-state index contributed by atoms with van der Waals surface area (Å²) >= 11 is 0. The Morgan fingerprint density at radius 1 is 1.07 bits per heavy atom. The Labute approximate surface area is 161 Å². The molecule has 140 valence electrons. The van der Waals surface area contributed by atoms with E-state index in [2.05, 4.69) is 34.4 Å². The van der Waals surface area contributed by atoms with Crippen LogP contribution in [0.3, 0.4) is 0 Å². The van der Waals surface area contributed by atoms with Gasteiger partial charge in [-0.1, -0.05) is 24.3 Å². The molecule has 28 heavy (non-hydrogen) atoms. The molecule has 4 aromatic rings. The van der Waals surface area contributed by atoms with Crippen molar-refractivity contribution in [3.63, 3.8) is 0 Å². The maximum atomic E-state index is 12.9. The van der Waals surface area contributed by atoms with E-state index in [-0.39, 0.29) is 17.0 Å². The molecule has 0 bridgehead atoms. The number of carbonyl (C=O) groups excluding carboxylic acids is 1. The van der Waals surface area contributed by atoms with Gasteiger partial charge in [-0.2, -0.15) is 0 Å². The zero-order valence-corrected chi connectivity index (χ0v) is 15.3. The van der Waals surface area contributed by atoms with E-state index in [1.165, 1.54) is 21.5 Å². The van der Waals surface area contributed by atoms with Crippen molar-refractivity contribution in [2.75, 3.05) is 13.1 Å². The van der Waals surface area contributed by atoms with Crippen LogP contribution in [0.25, 0.3) is 16.6 Å². The standard InChI is InChI=1S/C22H20N4O2/c27-21(18-14-24-20-7-3-4-10-26(20)22(18)28)25-11-8-15(9-12-25)17-13-23-19-6-2-1-5-16(17)19/h1-7,10,13-15,23H,8-9,11-12H2. The molecule has 5 rings (SSSR count). The molecule has 3 aromatic heterocycles. The number of nitrogens with one attached hydrogen (secondary N) is 1. The van der Waals surface area contributed by atoms with Gasteiger partial charge in [0.25, 0.3) is 11.5 Å². The van der Waals surface area contributed by atoms with Crippen molar-refractivity contribution in [2.45, 2.75) is 18.8 Å². The number of hydrogen-bond acceptors (Lipinski definition) is 3. The predicted molar refractivity (Wildman–Crippen MR) is 108 cm³/mol. The minimum Gasteiger partial charge on any atom is -0.361 e. The lowest BCUT2D eigenvalue weighted by atomic mass is 9.89. The van der Waals surface area contributed by atoms with Crippen molar-refractivity contribution in [2.24, 2.45) is 0 Å².